The van der Waals surface area contributed by atoms with Gasteiger partial charge in [0.2, 0.25) is 0 Å². The number of nitrogens with zero attached hydrogens (tertiary/aromatic N) is 2. The SMILES string of the molecule is COc1ccccc1-c1nc(C(=O)N2CCCCCCC2)cs1. The Morgan fingerprint density at radius 2 is 1.83 bits per heavy atom. The van der Waals surface area contributed by atoms with Crippen LogP contribution in [0.15, 0.2) is 29.6 Å². The summed E-state index contributed by atoms with van der Waals surface area (Å²) in [5.41, 5.74) is 1.49. The molecule has 1 amide bonds. The molecule has 23 heavy (non-hydrogen) atoms. The Bertz CT molecular complexity index is 661. The van der Waals surface area contributed by atoms with Gasteiger partial charge in [-0.25, -0.2) is 4.98 Å². The van der Waals surface area contributed by atoms with Crippen LogP contribution >= 0.6 is 11.3 Å². The molecule has 0 aliphatic carbocycles. The highest BCUT2D eigenvalue weighted by Gasteiger charge is 2.20. The number of carbonyl (C=O) groups is 1. The molecule has 3 rings (SSSR count). The normalized spacial score (nSPS) is 15.8. The van der Waals surface area contributed by atoms with Crippen molar-refractivity contribution in [2.75, 3.05) is 20.2 Å². The number of aromatic nitrogens is 1. The summed E-state index contributed by atoms with van der Waals surface area (Å²) in [4.78, 5) is 19.2. The molecule has 0 unspecified atom stereocenters. The molecular weight excluding hydrogens is 308 g/mol. The highest BCUT2D eigenvalue weighted by molar-refractivity contribution is 7.13. The van der Waals surface area contributed by atoms with E-state index >= 15 is 0 Å². The fraction of sp³-hybridized carbons (Fsp3) is 0.444. The first-order valence-electron chi connectivity index (χ1n) is 8.18. The molecule has 2 heterocycles. The average molecular weight is 330 g/mol. The number of thiazole rings is 1. The third-order valence-corrected chi connectivity index (χ3v) is 5.08. The Morgan fingerprint density at radius 3 is 2.57 bits per heavy atom. The van der Waals surface area contributed by atoms with E-state index in [1.807, 2.05) is 34.5 Å². The molecule has 0 atom stereocenters. The maximum Gasteiger partial charge on any atom is 0.273 e. The molecule has 1 fully saturated rings. The van der Waals surface area contributed by atoms with Crippen molar-refractivity contribution < 1.29 is 9.53 Å². The van der Waals surface area contributed by atoms with Crippen molar-refractivity contribution in [2.45, 2.75) is 32.1 Å². The second kappa shape index (κ2) is 7.59. The molecule has 1 aromatic heterocycles. The lowest BCUT2D eigenvalue weighted by atomic mass is 10.1. The van der Waals surface area contributed by atoms with Crippen molar-refractivity contribution >= 4 is 17.2 Å². The average Bonchev–Trinajstić information content (AvgIpc) is 3.04. The second-order valence-corrected chi connectivity index (χ2v) is 6.66. The van der Waals surface area contributed by atoms with E-state index in [-0.39, 0.29) is 5.91 Å². The lowest BCUT2D eigenvalue weighted by molar-refractivity contribution is 0.0737. The van der Waals surface area contributed by atoms with E-state index < -0.39 is 0 Å². The zero-order valence-electron chi connectivity index (χ0n) is 13.5. The van der Waals surface area contributed by atoms with Crippen LogP contribution in [-0.2, 0) is 0 Å². The molecule has 0 radical (unpaired) electrons. The van der Waals surface area contributed by atoms with Crippen LogP contribution in [0.4, 0.5) is 0 Å². The van der Waals surface area contributed by atoms with E-state index in [9.17, 15) is 4.79 Å². The van der Waals surface area contributed by atoms with Crippen molar-refractivity contribution in [3.63, 3.8) is 0 Å². The van der Waals surface area contributed by atoms with Crippen LogP contribution in [0.25, 0.3) is 10.6 Å². The molecule has 1 saturated heterocycles. The number of amides is 1. The minimum Gasteiger partial charge on any atom is -0.496 e. The molecular formula is C18H22N2O2S. The topological polar surface area (TPSA) is 42.4 Å². The summed E-state index contributed by atoms with van der Waals surface area (Å²) in [5.74, 6) is 0.844. The Balaban J connectivity index is 1.79. The second-order valence-electron chi connectivity index (χ2n) is 5.80. The van der Waals surface area contributed by atoms with Gasteiger partial charge >= 0.3 is 0 Å². The summed E-state index contributed by atoms with van der Waals surface area (Å²) in [6, 6.07) is 7.78. The van der Waals surface area contributed by atoms with Crippen molar-refractivity contribution in [3.05, 3.63) is 35.3 Å². The van der Waals surface area contributed by atoms with Gasteiger partial charge in [-0.15, -0.1) is 11.3 Å². The van der Waals surface area contributed by atoms with E-state index in [0.717, 1.165) is 42.3 Å². The molecule has 0 bridgehead atoms. The van der Waals surface area contributed by atoms with Crippen LogP contribution < -0.4 is 4.74 Å². The summed E-state index contributed by atoms with van der Waals surface area (Å²) in [7, 11) is 1.65. The van der Waals surface area contributed by atoms with Gasteiger partial charge in [-0.2, -0.15) is 0 Å². The smallest absolute Gasteiger partial charge is 0.273 e. The third kappa shape index (κ3) is 3.72. The first-order valence-corrected chi connectivity index (χ1v) is 9.06. The van der Waals surface area contributed by atoms with Gasteiger partial charge in [0.25, 0.3) is 5.91 Å². The van der Waals surface area contributed by atoms with Gasteiger partial charge in [-0.05, 0) is 25.0 Å². The Morgan fingerprint density at radius 1 is 1.13 bits per heavy atom. The number of ether oxygens (including phenoxy) is 1. The van der Waals surface area contributed by atoms with Crippen LogP contribution in [0.1, 0.15) is 42.6 Å². The van der Waals surface area contributed by atoms with E-state index in [1.165, 1.54) is 30.6 Å². The fourth-order valence-corrected chi connectivity index (χ4v) is 3.75. The van der Waals surface area contributed by atoms with Crippen LogP contribution in [0.3, 0.4) is 0 Å². The predicted octanol–water partition coefficient (Wildman–Crippen LogP) is 4.23. The van der Waals surface area contributed by atoms with Gasteiger partial charge in [0.15, 0.2) is 0 Å². The van der Waals surface area contributed by atoms with Crippen molar-refractivity contribution in [1.29, 1.82) is 0 Å². The van der Waals surface area contributed by atoms with Gasteiger partial charge in [-0.3, -0.25) is 4.79 Å². The monoisotopic (exact) mass is 330 g/mol. The number of rotatable bonds is 3. The number of benzene rings is 1. The largest absolute Gasteiger partial charge is 0.496 e. The molecule has 122 valence electrons. The molecule has 2 aromatic rings. The number of hydrogen-bond donors (Lipinski definition) is 0. The highest BCUT2D eigenvalue weighted by Crippen LogP contribution is 2.32. The van der Waals surface area contributed by atoms with E-state index in [0.29, 0.717) is 5.69 Å². The summed E-state index contributed by atoms with van der Waals surface area (Å²) < 4.78 is 5.39. The molecule has 1 aliphatic heterocycles. The minimum absolute atomic E-state index is 0.0595. The van der Waals surface area contributed by atoms with Gasteiger partial charge in [0.1, 0.15) is 16.5 Å². The Labute approximate surface area is 141 Å². The number of para-hydroxylation sites is 1. The van der Waals surface area contributed by atoms with Crippen LogP contribution in [0.2, 0.25) is 0 Å². The number of hydrogen-bond acceptors (Lipinski definition) is 4. The molecule has 1 aliphatic rings. The molecule has 0 saturated carbocycles. The summed E-state index contributed by atoms with van der Waals surface area (Å²) in [6.45, 7) is 1.70. The van der Waals surface area contributed by atoms with E-state index in [1.54, 1.807) is 7.11 Å². The standard InChI is InChI=1S/C18H22N2O2S/c1-22-16-10-6-5-9-14(16)17-19-15(13-23-17)18(21)20-11-7-3-2-4-8-12-20/h5-6,9-10,13H,2-4,7-8,11-12H2,1H3. The zero-order valence-corrected chi connectivity index (χ0v) is 14.3. The zero-order chi connectivity index (χ0) is 16.1. The maximum atomic E-state index is 12.7. The quantitative estimate of drug-likeness (QED) is 0.846. The Kier molecular flexibility index (Phi) is 5.28. The molecule has 5 heteroatoms. The molecule has 0 spiro atoms. The van der Waals surface area contributed by atoms with Crippen molar-refractivity contribution in [1.82, 2.24) is 9.88 Å². The first-order chi connectivity index (χ1) is 11.3. The van der Waals surface area contributed by atoms with Gasteiger partial charge in [0, 0.05) is 18.5 Å². The first kappa shape index (κ1) is 16.0. The molecule has 1 aromatic carbocycles. The summed E-state index contributed by atoms with van der Waals surface area (Å²) >= 11 is 1.50. The summed E-state index contributed by atoms with van der Waals surface area (Å²) in [6.07, 6.45) is 5.90. The predicted molar refractivity (Wildman–Crippen MR) is 93.1 cm³/mol. The molecule has 0 N–H and O–H groups in total. The molecule has 4 nitrogen and oxygen atoms in total. The van der Waals surface area contributed by atoms with Crippen LogP contribution in [-0.4, -0.2) is 36.0 Å². The number of carbonyl (C=O) groups excluding carboxylic acids is 1. The maximum absolute atomic E-state index is 12.7. The fourth-order valence-electron chi connectivity index (χ4n) is 2.93. The van der Waals surface area contributed by atoms with E-state index in [2.05, 4.69) is 4.98 Å². The van der Waals surface area contributed by atoms with Gasteiger partial charge in [-0.1, -0.05) is 31.4 Å². The third-order valence-electron chi connectivity index (χ3n) is 4.20. The van der Waals surface area contributed by atoms with Crippen LogP contribution in [0, 0.1) is 0 Å². The number of methoxy groups -OCH3 is 1. The lowest BCUT2D eigenvalue weighted by Crippen LogP contribution is -2.34. The number of likely N-dealkylation sites (tertiary alicyclic amines) is 1. The summed E-state index contributed by atoms with van der Waals surface area (Å²) in [5, 5.41) is 2.70. The van der Waals surface area contributed by atoms with Crippen molar-refractivity contribution in [2.24, 2.45) is 0 Å². The Hall–Kier alpha value is -1.88. The van der Waals surface area contributed by atoms with Crippen LogP contribution in [0.5, 0.6) is 5.75 Å². The minimum atomic E-state index is 0.0595. The lowest BCUT2D eigenvalue weighted by Gasteiger charge is -2.23. The highest BCUT2D eigenvalue weighted by atomic mass is 32.1. The van der Waals surface area contributed by atoms with Gasteiger partial charge in [0.05, 0.1) is 12.7 Å². The van der Waals surface area contributed by atoms with Crippen molar-refractivity contribution in [3.8, 4) is 16.3 Å². The van der Waals surface area contributed by atoms with E-state index in [4.69, 9.17) is 4.74 Å². The van der Waals surface area contributed by atoms with Gasteiger partial charge < -0.3 is 9.64 Å².